The lowest BCUT2D eigenvalue weighted by molar-refractivity contribution is 0.140. The van der Waals surface area contributed by atoms with E-state index < -0.39 is 0 Å². The summed E-state index contributed by atoms with van der Waals surface area (Å²) in [6.07, 6.45) is 2.94. The van der Waals surface area contributed by atoms with E-state index in [0.717, 1.165) is 36.1 Å². The van der Waals surface area contributed by atoms with Gasteiger partial charge >= 0.3 is 0 Å². The van der Waals surface area contributed by atoms with E-state index in [1.807, 2.05) is 12.1 Å². The van der Waals surface area contributed by atoms with Crippen molar-refractivity contribution in [1.82, 2.24) is 0 Å². The molecule has 2 atom stereocenters. The zero-order valence-electron chi connectivity index (χ0n) is 10.7. The summed E-state index contributed by atoms with van der Waals surface area (Å²) in [4.78, 5) is 0. The highest BCUT2D eigenvalue weighted by atomic mass is 79.9. The van der Waals surface area contributed by atoms with Crippen LogP contribution >= 0.6 is 15.9 Å². The second-order valence-electron chi connectivity index (χ2n) is 4.70. The van der Waals surface area contributed by atoms with Gasteiger partial charge in [0.05, 0.1) is 17.7 Å². The first-order chi connectivity index (χ1) is 8.70. The molecule has 0 aromatic heterocycles. The van der Waals surface area contributed by atoms with Gasteiger partial charge in [-0.3, -0.25) is 0 Å². The molecule has 0 amide bonds. The molecule has 2 unspecified atom stereocenters. The lowest BCUT2D eigenvalue weighted by Gasteiger charge is -2.18. The van der Waals surface area contributed by atoms with Crippen molar-refractivity contribution in [3.8, 4) is 5.75 Å². The van der Waals surface area contributed by atoms with Gasteiger partial charge in [0.25, 0.3) is 0 Å². The second kappa shape index (κ2) is 6.55. The maximum absolute atomic E-state index is 6.06. The van der Waals surface area contributed by atoms with E-state index in [0.29, 0.717) is 6.61 Å². The molecule has 3 nitrogen and oxygen atoms in total. The summed E-state index contributed by atoms with van der Waals surface area (Å²) in [7, 11) is 0. The van der Waals surface area contributed by atoms with Gasteiger partial charge in [-0.25, -0.2) is 0 Å². The molecular weight excluding hydrogens is 294 g/mol. The Bertz CT molecular complexity index is 391. The molecule has 0 aliphatic carbocycles. The van der Waals surface area contributed by atoms with E-state index in [1.54, 1.807) is 0 Å². The van der Waals surface area contributed by atoms with Gasteiger partial charge in [0.2, 0.25) is 0 Å². The molecule has 4 heteroatoms. The van der Waals surface area contributed by atoms with Crippen molar-refractivity contribution in [3.63, 3.8) is 0 Å². The third-order valence-electron chi connectivity index (χ3n) is 3.23. The van der Waals surface area contributed by atoms with Crippen LogP contribution in [0.25, 0.3) is 0 Å². The standard InChI is InChI=1S/C14H20BrNO2/c1-2-11(16)8-10-4-3-5-13(15)14(10)18-12-6-7-17-9-12/h3-5,11-12H,2,6-9,16H2,1H3. The van der Waals surface area contributed by atoms with Crippen molar-refractivity contribution in [1.29, 1.82) is 0 Å². The summed E-state index contributed by atoms with van der Waals surface area (Å²) in [5.74, 6) is 0.928. The molecule has 0 spiro atoms. The summed E-state index contributed by atoms with van der Waals surface area (Å²) < 4.78 is 12.4. The van der Waals surface area contributed by atoms with E-state index in [4.69, 9.17) is 15.2 Å². The van der Waals surface area contributed by atoms with Crippen molar-refractivity contribution in [3.05, 3.63) is 28.2 Å². The van der Waals surface area contributed by atoms with Gasteiger partial charge in [0, 0.05) is 12.5 Å². The van der Waals surface area contributed by atoms with Crippen molar-refractivity contribution in [2.75, 3.05) is 13.2 Å². The normalized spacial score (nSPS) is 20.9. The van der Waals surface area contributed by atoms with E-state index >= 15 is 0 Å². The Morgan fingerprint density at radius 2 is 2.39 bits per heavy atom. The lowest BCUT2D eigenvalue weighted by atomic mass is 10.0. The largest absolute Gasteiger partial charge is 0.486 e. The second-order valence-corrected chi connectivity index (χ2v) is 5.56. The number of hydrogen-bond donors (Lipinski definition) is 1. The fourth-order valence-corrected chi connectivity index (χ4v) is 2.55. The minimum Gasteiger partial charge on any atom is -0.486 e. The Labute approximate surface area is 117 Å². The van der Waals surface area contributed by atoms with Crippen LogP contribution in [0.1, 0.15) is 25.3 Å². The zero-order chi connectivity index (χ0) is 13.0. The first-order valence-corrected chi connectivity index (χ1v) is 7.27. The monoisotopic (exact) mass is 313 g/mol. The van der Waals surface area contributed by atoms with Gasteiger partial charge in [-0.1, -0.05) is 19.1 Å². The first kappa shape index (κ1) is 13.8. The number of rotatable bonds is 5. The van der Waals surface area contributed by atoms with Crippen LogP contribution in [0.15, 0.2) is 22.7 Å². The number of halogens is 1. The van der Waals surface area contributed by atoms with E-state index in [2.05, 4.69) is 28.9 Å². The smallest absolute Gasteiger partial charge is 0.137 e. The molecule has 2 N–H and O–H groups in total. The van der Waals surface area contributed by atoms with Gasteiger partial charge < -0.3 is 15.2 Å². The molecule has 1 aliphatic rings. The fraction of sp³-hybridized carbons (Fsp3) is 0.571. The molecular formula is C14H20BrNO2. The average Bonchev–Trinajstić information content (AvgIpc) is 2.86. The summed E-state index contributed by atoms with van der Waals surface area (Å²) in [5, 5.41) is 0. The average molecular weight is 314 g/mol. The third kappa shape index (κ3) is 3.46. The van der Waals surface area contributed by atoms with Crippen LogP contribution in [0.3, 0.4) is 0 Å². The molecule has 1 aromatic rings. The quantitative estimate of drug-likeness (QED) is 0.909. The number of benzene rings is 1. The third-order valence-corrected chi connectivity index (χ3v) is 3.85. The SMILES string of the molecule is CCC(N)Cc1cccc(Br)c1OC1CCOC1. The molecule has 1 aromatic carbocycles. The molecule has 1 aliphatic heterocycles. The first-order valence-electron chi connectivity index (χ1n) is 6.48. The molecule has 1 fully saturated rings. The minimum absolute atomic E-state index is 0.167. The van der Waals surface area contributed by atoms with Gasteiger partial charge in [-0.2, -0.15) is 0 Å². The summed E-state index contributed by atoms with van der Waals surface area (Å²) in [6.45, 7) is 3.58. The number of hydrogen-bond acceptors (Lipinski definition) is 3. The Balaban J connectivity index is 2.14. The molecule has 2 rings (SSSR count). The van der Waals surface area contributed by atoms with Gasteiger partial charge in [0.1, 0.15) is 11.9 Å². The maximum atomic E-state index is 6.06. The van der Waals surface area contributed by atoms with Gasteiger partial charge in [0.15, 0.2) is 0 Å². The van der Waals surface area contributed by atoms with Crippen LogP contribution in [-0.4, -0.2) is 25.4 Å². The van der Waals surface area contributed by atoms with Crippen LogP contribution in [0, 0.1) is 0 Å². The van der Waals surface area contributed by atoms with Crippen LogP contribution in [-0.2, 0) is 11.2 Å². The van der Waals surface area contributed by atoms with E-state index in [9.17, 15) is 0 Å². The Kier molecular flexibility index (Phi) is 5.03. The predicted molar refractivity (Wildman–Crippen MR) is 76.0 cm³/mol. The molecule has 0 bridgehead atoms. The predicted octanol–water partition coefficient (Wildman–Crippen LogP) is 2.90. The highest BCUT2D eigenvalue weighted by molar-refractivity contribution is 9.10. The highest BCUT2D eigenvalue weighted by Gasteiger charge is 2.20. The summed E-state index contributed by atoms with van der Waals surface area (Å²) in [6, 6.07) is 6.30. The topological polar surface area (TPSA) is 44.5 Å². The van der Waals surface area contributed by atoms with E-state index in [-0.39, 0.29) is 12.1 Å². The lowest BCUT2D eigenvalue weighted by Crippen LogP contribution is -2.23. The molecule has 1 saturated heterocycles. The highest BCUT2D eigenvalue weighted by Crippen LogP contribution is 2.32. The number of ether oxygens (including phenoxy) is 2. The van der Waals surface area contributed by atoms with Crippen molar-refractivity contribution < 1.29 is 9.47 Å². The van der Waals surface area contributed by atoms with Crippen molar-refractivity contribution in [2.24, 2.45) is 5.73 Å². The number of para-hydroxylation sites is 1. The van der Waals surface area contributed by atoms with Crippen LogP contribution < -0.4 is 10.5 Å². The minimum atomic E-state index is 0.167. The van der Waals surface area contributed by atoms with Crippen molar-refractivity contribution >= 4 is 15.9 Å². The van der Waals surface area contributed by atoms with Crippen molar-refractivity contribution in [2.45, 2.75) is 38.3 Å². The van der Waals surface area contributed by atoms with E-state index in [1.165, 1.54) is 5.56 Å². The zero-order valence-corrected chi connectivity index (χ0v) is 12.3. The fourth-order valence-electron chi connectivity index (χ4n) is 2.05. The van der Waals surface area contributed by atoms with Gasteiger partial charge in [-0.15, -0.1) is 0 Å². The summed E-state index contributed by atoms with van der Waals surface area (Å²) >= 11 is 3.56. The molecule has 1 heterocycles. The summed E-state index contributed by atoms with van der Waals surface area (Å²) in [5.41, 5.74) is 7.21. The van der Waals surface area contributed by atoms with Crippen LogP contribution in [0.5, 0.6) is 5.75 Å². The maximum Gasteiger partial charge on any atom is 0.137 e. The molecule has 0 saturated carbocycles. The Hall–Kier alpha value is -0.580. The number of nitrogens with two attached hydrogens (primary N) is 1. The molecule has 100 valence electrons. The molecule has 18 heavy (non-hydrogen) atoms. The van der Waals surface area contributed by atoms with Crippen LogP contribution in [0.4, 0.5) is 0 Å². The van der Waals surface area contributed by atoms with Crippen LogP contribution in [0.2, 0.25) is 0 Å². The van der Waals surface area contributed by atoms with Gasteiger partial charge in [-0.05, 0) is 40.4 Å². The Morgan fingerprint density at radius 3 is 3.06 bits per heavy atom. The molecule has 0 radical (unpaired) electrons. The Morgan fingerprint density at radius 1 is 1.56 bits per heavy atom.